The molecule has 0 aromatic heterocycles. The molecule has 1 heterocycles. The summed E-state index contributed by atoms with van der Waals surface area (Å²) in [6.07, 6.45) is 1.25. The van der Waals surface area contributed by atoms with E-state index in [-0.39, 0.29) is 12.3 Å². The van der Waals surface area contributed by atoms with Gasteiger partial charge < -0.3 is 21.5 Å². The van der Waals surface area contributed by atoms with Gasteiger partial charge in [-0.3, -0.25) is 9.59 Å². The Morgan fingerprint density at radius 2 is 1.86 bits per heavy atom. The van der Waals surface area contributed by atoms with E-state index in [1.165, 1.54) is 0 Å². The Hall–Kier alpha value is -3.42. The highest BCUT2D eigenvalue weighted by molar-refractivity contribution is 9.10. The number of hydrogen-bond acceptors (Lipinski definition) is 4. The summed E-state index contributed by atoms with van der Waals surface area (Å²) in [4.78, 5) is 24.2. The summed E-state index contributed by atoms with van der Waals surface area (Å²) >= 11 is 3.47. The number of amides is 1. The highest BCUT2D eigenvalue weighted by atomic mass is 79.9. The monoisotopic (exact) mass is 533 g/mol. The van der Waals surface area contributed by atoms with E-state index in [0.29, 0.717) is 17.7 Å². The second kappa shape index (κ2) is 10.1. The summed E-state index contributed by atoms with van der Waals surface area (Å²) in [5.41, 5.74) is 12.2. The third-order valence-electron chi connectivity index (χ3n) is 6.37. The molecule has 3 aromatic rings. The van der Waals surface area contributed by atoms with E-state index in [1.807, 2.05) is 73.7 Å². The molecule has 7 heteroatoms. The van der Waals surface area contributed by atoms with Gasteiger partial charge in [-0.2, -0.15) is 0 Å². The van der Waals surface area contributed by atoms with Gasteiger partial charge in [0.05, 0.1) is 17.0 Å². The minimum Gasteiger partial charge on any atom is -0.481 e. The number of nitrogens with two attached hydrogens (primary N) is 1. The summed E-state index contributed by atoms with van der Waals surface area (Å²) in [5, 5.41) is 15.5. The molecule has 0 saturated heterocycles. The summed E-state index contributed by atoms with van der Waals surface area (Å²) in [5.74, 6) is -1.05. The summed E-state index contributed by atoms with van der Waals surface area (Å²) in [6, 6.07) is 21.2. The summed E-state index contributed by atoms with van der Waals surface area (Å²) in [7, 11) is 0. The van der Waals surface area contributed by atoms with Crippen molar-refractivity contribution >= 4 is 50.5 Å². The van der Waals surface area contributed by atoms with E-state index in [1.54, 1.807) is 0 Å². The first-order valence-electron chi connectivity index (χ1n) is 11.5. The Balaban J connectivity index is 1.80. The number of carbonyl (C=O) groups is 2. The van der Waals surface area contributed by atoms with Crippen LogP contribution in [0, 0.1) is 0 Å². The largest absolute Gasteiger partial charge is 0.481 e. The molecule has 1 unspecified atom stereocenters. The van der Waals surface area contributed by atoms with Crippen molar-refractivity contribution in [3.8, 4) is 0 Å². The Morgan fingerprint density at radius 1 is 1.11 bits per heavy atom. The molecule has 180 valence electrons. The number of aryl methyl sites for hydroxylation is 1. The molecule has 0 spiro atoms. The summed E-state index contributed by atoms with van der Waals surface area (Å²) in [6.45, 7) is 4.06. The summed E-state index contributed by atoms with van der Waals surface area (Å²) < 4.78 is 0.874. The van der Waals surface area contributed by atoms with Crippen LogP contribution in [-0.2, 0) is 21.5 Å². The van der Waals surface area contributed by atoms with Crippen LogP contribution in [0.4, 0.5) is 11.4 Å². The maximum Gasteiger partial charge on any atom is 0.303 e. The number of anilines is 2. The molecule has 0 bridgehead atoms. The fraction of sp³-hybridized carbons (Fsp3) is 0.214. The average Bonchev–Trinajstić information content (AvgIpc) is 3.16. The van der Waals surface area contributed by atoms with Crippen LogP contribution in [0.5, 0.6) is 0 Å². The van der Waals surface area contributed by atoms with Crippen molar-refractivity contribution in [3.63, 3.8) is 0 Å². The predicted molar refractivity (Wildman–Crippen MR) is 144 cm³/mol. The number of halogens is 1. The van der Waals surface area contributed by atoms with Crippen molar-refractivity contribution in [1.82, 2.24) is 0 Å². The van der Waals surface area contributed by atoms with Crippen LogP contribution in [0.3, 0.4) is 0 Å². The first-order valence-corrected chi connectivity index (χ1v) is 12.3. The molecule has 5 N–H and O–H groups in total. The first-order chi connectivity index (χ1) is 16.7. The molecule has 1 aliphatic heterocycles. The number of fused-ring (bicyclic) bond motifs is 1. The van der Waals surface area contributed by atoms with Crippen molar-refractivity contribution in [2.45, 2.75) is 38.6 Å². The lowest BCUT2D eigenvalue weighted by Gasteiger charge is -2.24. The van der Waals surface area contributed by atoms with Crippen LogP contribution in [-0.4, -0.2) is 17.0 Å². The van der Waals surface area contributed by atoms with Crippen molar-refractivity contribution in [2.75, 3.05) is 10.6 Å². The minimum atomic E-state index is -0.846. The zero-order chi connectivity index (χ0) is 25.2. The van der Waals surface area contributed by atoms with Gasteiger partial charge in [0.1, 0.15) is 0 Å². The molecule has 1 amide bonds. The smallest absolute Gasteiger partial charge is 0.303 e. The Bertz CT molecular complexity index is 1310. The molecule has 4 rings (SSSR count). The van der Waals surface area contributed by atoms with Crippen molar-refractivity contribution < 1.29 is 14.7 Å². The van der Waals surface area contributed by atoms with Gasteiger partial charge in [-0.1, -0.05) is 59.3 Å². The topological polar surface area (TPSA) is 104 Å². The van der Waals surface area contributed by atoms with E-state index >= 15 is 0 Å². The second-order valence-electron chi connectivity index (χ2n) is 8.96. The van der Waals surface area contributed by atoms with Gasteiger partial charge in [0.25, 0.3) is 5.91 Å². The fourth-order valence-corrected chi connectivity index (χ4v) is 4.45. The van der Waals surface area contributed by atoms with Crippen molar-refractivity contribution in [2.24, 2.45) is 5.73 Å². The number of nitrogens with one attached hydrogen (secondary N) is 2. The molecule has 1 atom stereocenters. The standard InChI is InChI=1S/C28H28BrN3O3/c1-3-28(2,30)19-8-11-21(12-9-19)31-26(18-6-4-5-17(15-18)7-14-24(33)34)25-22-13-10-20(29)16-23(22)32-27(25)35/h4-6,8-13,15-16,31H,3,7,14,30H2,1-2H3,(H,32,35)(H,33,34)/b26-25-. The predicted octanol–water partition coefficient (Wildman–Crippen LogP) is 5.98. The second-order valence-corrected chi connectivity index (χ2v) is 9.88. The molecule has 35 heavy (non-hydrogen) atoms. The Labute approximate surface area is 213 Å². The lowest BCUT2D eigenvalue weighted by atomic mass is 9.90. The van der Waals surface area contributed by atoms with E-state index in [4.69, 9.17) is 10.8 Å². The van der Waals surface area contributed by atoms with Crippen LogP contribution >= 0.6 is 15.9 Å². The average molecular weight is 534 g/mol. The highest BCUT2D eigenvalue weighted by Crippen LogP contribution is 2.39. The van der Waals surface area contributed by atoms with Crippen LogP contribution in [0.2, 0.25) is 0 Å². The fourth-order valence-electron chi connectivity index (χ4n) is 4.09. The lowest BCUT2D eigenvalue weighted by Crippen LogP contribution is -2.31. The molecule has 1 aliphatic rings. The molecule has 0 aliphatic carbocycles. The molecular formula is C28H28BrN3O3. The van der Waals surface area contributed by atoms with Gasteiger partial charge in [0.15, 0.2) is 0 Å². The van der Waals surface area contributed by atoms with Crippen LogP contribution in [0.1, 0.15) is 48.9 Å². The zero-order valence-corrected chi connectivity index (χ0v) is 21.3. The molecule has 6 nitrogen and oxygen atoms in total. The SMILES string of the molecule is CCC(C)(N)c1ccc(N/C(=C2\C(=O)Nc3cc(Br)ccc32)c2cccc(CCC(=O)O)c2)cc1. The Kier molecular flexibility index (Phi) is 7.10. The highest BCUT2D eigenvalue weighted by Gasteiger charge is 2.29. The molecule has 0 radical (unpaired) electrons. The van der Waals surface area contributed by atoms with Crippen LogP contribution in [0.15, 0.2) is 71.2 Å². The van der Waals surface area contributed by atoms with E-state index < -0.39 is 11.5 Å². The van der Waals surface area contributed by atoms with E-state index in [9.17, 15) is 9.59 Å². The first kappa shape index (κ1) is 24.7. The molecule has 0 saturated carbocycles. The molecule has 3 aromatic carbocycles. The van der Waals surface area contributed by atoms with Gasteiger partial charge in [0, 0.05) is 27.7 Å². The van der Waals surface area contributed by atoms with Gasteiger partial charge >= 0.3 is 5.97 Å². The number of hydrogen-bond donors (Lipinski definition) is 4. The van der Waals surface area contributed by atoms with Crippen LogP contribution in [0.25, 0.3) is 11.3 Å². The maximum atomic E-state index is 13.2. The van der Waals surface area contributed by atoms with Crippen molar-refractivity contribution in [3.05, 3.63) is 93.5 Å². The zero-order valence-electron chi connectivity index (χ0n) is 19.7. The number of carbonyl (C=O) groups excluding carboxylic acids is 1. The normalized spacial score (nSPS) is 15.7. The van der Waals surface area contributed by atoms with E-state index in [0.717, 1.165) is 44.5 Å². The number of aliphatic carboxylic acids is 1. The Morgan fingerprint density at radius 3 is 2.54 bits per heavy atom. The lowest BCUT2D eigenvalue weighted by molar-refractivity contribution is -0.137. The van der Waals surface area contributed by atoms with Gasteiger partial charge in [-0.15, -0.1) is 0 Å². The van der Waals surface area contributed by atoms with Crippen LogP contribution < -0.4 is 16.4 Å². The third-order valence-corrected chi connectivity index (χ3v) is 6.86. The number of carboxylic acid groups (broad SMARTS) is 1. The van der Waals surface area contributed by atoms with Gasteiger partial charge in [-0.25, -0.2) is 0 Å². The molecular weight excluding hydrogens is 506 g/mol. The minimum absolute atomic E-state index is 0.0386. The number of carboxylic acids is 1. The third kappa shape index (κ3) is 5.47. The van der Waals surface area contributed by atoms with E-state index in [2.05, 4.69) is 33.5 Å². The maximum absolute atomic E-state index is 13.2. The number of benzene rings is 3. The number of rotatable bonds is 8. The van der Waals surface area contributed by atoms with Crippen molar-refractivity contribution in [1.29, 1.82) is 0 Å². The quantitative estimate of drug-likeness (QED) is 0.266. The molecule has 0 fully saturated rings. The van der Waals surface area contributed by atoms with Gasteiger partial charge in [-0.05, 0) is 66.8 Å². The van der Waals surface area contributed by atoms with Gasteiger partial charge in [0.2, 0.25) is 0 Å².